The van der Waals surface area contributed by atoms with E-state index < -0.39 is 17.5 Å². The Kier molecular flexibility index (Phi) is 3.77. The van der Waals surface area contributed by atoms with E-state index >= 15 is 0 Å². The minimum absolute atomic E-state index is 0.0142. The Morgan fingerprint density at radius 3 is 1.86 bits per heavy atom. The molecule has 0 unspecified atom stereocenters. The second kappa shape index (κ2) is 5.40. The molecule has 0 radical (unpaired) electrons. The van der Waals surface area contributed by atoms with Crippen LogP contribution >= 0.6 is 0 Å². The van der Waals surface area contributed by atoms with Crippen molar-refractivity contribution in [1.82, 2.24) is 0 Å². The molecule has 2 aromatic rings. The van der Waals surface area contributed by atoms with Crippen LogP contribution in [0.1, 0.15) is 37.4 Å². The summed E-state index contributed by atoms with van der Waals surface area (Å²) in [6, 6.07) is 4.74. The molecule has 0 amide bonds. The number of aromatic hydroxyl groups is 3. The lowest BCUT2D eigenvalue weighted by Gasteiger charge is -2.11. The molecule has 0 heterocycles. The molecule has 6 heteroatoms. The van der Waals surface area contributed by atoms with E-state index in [1.165, 1.54) is 19.1 Å². The van der Waals surface area contributed by atoms with Crippen molar-refractivity contribution >= 4 is 11.8 Å². The van der Waals surface area contributed by atoms with Crippen molar-refractivity contribution in [3.05, 3.63) is 52.1 Å². The van der Waals surface area contributed by atoms with E-state index in [-0.39, 0.29) is 33.8 Å². The van der Waals surface area contributed by atoms with Crippen LogP contribution in [0.4, 0.5) is 0 Å². The smallest absolute Gasteiger partial charge is 0.339 e. The van der Waals surface area contributed by atoms with Crippen LogP contribution in [0.2, 0.25) is 0 Å². The number of carbonyl (C=O) groups is 2. The molecule has 2 aromatic carbocycles. The number of phenols is 3. The van der Waals surface area contributed by atoms with E-state index in [4.69, 9.17) is 5.11 Å². The molecule has 0 fully saturated rings. The summed E-state index contributed by atoms with van der Waals surface area (Å²) < 4.78 is 0. The maximum Gasteiger partial charge on any atom is 0.339 e. The Morgan fingerprint density at radius 1 is 0.818 bits per heavy atom. The lowest BCUT2D eigenvalue weighted by atomic mass is 9.94. The van der Waals surface area contributed by atoms with E-state index in [1.807, 2.05) is 0 Å². The molecule has 0 aliphatic rings. The molecule has 0 saturated carbocycles. The fourth-order valence-corrected chi connectivity index (χ4v) is 2.37. The number of hydrogen-bond acceptors (Lipinski definition) is 5. The predicted molar refractivity (Wildman–Crippen MR) is 77.7 cm³/mol. The summed E-state index contributed by atoms with van der Waals surface area (Å²) in [4.78, 5) is 23.5. The van der Waals surface area contributed by atoms with Crippen LogP contribution < -0.4 is 0 Å². The van der Waals surface area contributed by atoms with Crippen LogP contribution in [0, 0.1) is 13.8 Å². The Balaban J connectivity index is 2.59. The van der Waals surface area contributed by atoms with Crippen LogP contribution in [0.15, 0.2) is 24.3 Å². The molecule has 0 aliphatic heterocycles. The van der Waals surface area contributed by atoms with Crippen molar-refractivity contribution in [2.45, 2.75) is 13.8 Å². The van der Waals surface area contributed by atoms with E-state index in [0.29, 0.717) is 5.56 Å². The van der Waals surface area contributed by atoms with Crippen molar-refractivity contribution < 1.29 is 30.0 Å². The summed E-state index contributed by atoms with van der Waals surface area (Å²) in [5, 5.41) is 38.0. The number of carboxylic acids is 1. The molecular formula is C16H14O6. The molecule has 22 heavy (non-hydrogen) atoms. The van der Waals surface area contributed by atoms with Gasteiger partial charge in [-0.3, -0.25) is 4.79 Å². The van der Waals surface area contributed by atoms with Gasteiger partial charge < -0.3 is 20.4 Å². The average Bonchev–Trinajstić information content (AvgIpc) is 2.35. The van der Waals surface area contributed by atoms with Crippen molar-refractivity contribution in [1.29, 1.82) is 0 Å². The van der Waals surface area contributed by atoms with Gasteiger partial charge in [-0.15, -0.1) is 0 Å². The highest BCUT2D eigenvalue weighted by Crippen LogP contribution is 2.31. The van der Waals surface area contributed by atoms with Gasteiger partial charge in [0.25, 0.3) is 0 Å². The first-order chi connectivity index (χ1) is 10.2. The van der Waals surface area contributed by atoms with Gasteiger partial charge in [0.1, 0.15) is 22.8 Å². The number of hydrogen-bond donors (Lipinski definition) is 4. The van der Waals surface area contributed by atoms with Crippen molar-refractivity contribution in [2.75, 3.05) is 0 Å². The standard InChI is InChI=1S/C16H14O6/c1-7-3-9(5-11(18)14(7)16(21)22)15(20)13-8(2)4-10(17)6-12(13)19/h3-6,17-19H,1-2H3,(H,21,22). The Morgan fingerprint density at radius 2 is 1.36 bits per heavy atom. The summed E-state index contributed by atoms with van der Waals surface area (Å²) in [7, 11) is 0. The zero-order valence-electron chi connectivity index (χ0n) is 11.9. The van der Waals surface area contributed by atoms with E-state index in [9.17, 15) is 24.9 Å². The SMILES string of the molecule is Cc1cc(C(=O)c2c(C)cc(O)cc2O)cc(O)c1C(=O)O. The number of carbonyl (C=O) groups excluding carboxylic acids is 1. The molecule has 114 valence electrons. The average molecular weight is 302 g/mol. The van der Waals surface area contributed by atoms with Gasteiger partial charge in [-0.05, 0) is 43.2 Å². The summed E-state index contributed by atoms with van der Waals surface area (Å²) in [6.07, 6.45) is 0. The Bertz CT molecular complexity index is 745. The quantitative estimate of drug-likeness (QED) is 0.647. The number of aryl methyl sites for hydroxylation is 2. The van der Waals surface area contributed by atoms with Gasteiger partial charge in [-0.2, -0.15) is 0 Å². The van der Waals surface area contributed by atoms with E-state index in [0.717, 1.165) is 12.1 Å². The fraction of sp³-hybridized carbons (Fsp3) is 0.125. The highest BCUT2D eigenvalue weighted by Gasteiger charge is 2.21. The monoisotopic (exact) mass is 302 g/mol. The molecule has 0 spiro atoms. The summed E-state index contributed by atoms with van der Waals surface area (Å²) in [6.45, 7) is 3.01. The molecule has 0 aliphatic carbocycles. The number of rotatable bonds is 3. The molecule has 0 saturated heterocycles. The van der Waals surface area contributed by atoms with Gasteiger partial charge in [-0.25, -0.2) is 4.79 Å². The van der Waals surface area contributed by atoms with Crippen molar-refractivity contribution in [3.63, 3.8) is 0 Å². The normalized spacial score (nSPS) is 10.5. The second-order valence-corrected chi connectivity index (χ2v) is 4.98. The van der Waals surface area contributed by atoms with Crippen LogP contribution in [0.3, 0.4) is 0 Å². The van der Waals surface area contributed by atoms with Gasteiger partial charge >= 0.3 is 5.97 Å². The fourth-order valence-electron chi connectivity index (χ4n) is 2.37. The molecule has 0 bridgehead atoms. The molecule has 4 N–H and O–H groups in total. The van der Waals surface area contributed by atoms with Gasteiger partial charge in [0, 0.05) is 11.6 Å². The zero-order chi connectivity index (χ0) is 16.6. The van der Waals surface area contributed by atoms with Crippen LogP contribution in [0.25, 0.3) is 0 Å². The van der Waals surface area contributed by atoms with E-state index in [2.05, 4.69) is 0 Å². The van der Waals surface area contributed by atoms with Crippen molar-refractivity contribution in [2.24, 2.45) is 0 Å². The minimum Gasteiger partial charge on any atom is -0.508 e. The molecule has 6 nitrogen and oxygen atoms in total. The van der Waals surface area contributed by atoms with Gasteiger partial charge in [0.2, 0.25) is 0 Å². The highest BCUT2D eigenvalue weighted by atomic mass is 16.4. The Labute approximate surface area is 125 Å². The number of phenolic OH excluding ortho intramolecular Hbond substituents is 2. The molecule has 0 atom stereocenters. The minimum atomic E-state index is -1.29. The first kappa shape index (κ1) is 15.4. The summed E-state index contributed by atoms with van der Waals surface area (Å²) in [5.74, 6) is -2.96. The van der Waals surface area contributed by atoms with Crippen LogP contribution in [-0.2, 0) is 0 Å². The maximum atomic E-state index is 12.5. The predicted octanol–water partition coefficient (Wildman–Crippen LogP) is 2.35. The van der Waals surface area contributed by atoms with Crippen molar-refractivity contribution in [3.8, 4) is 17.2 Å². The first-order valence-corrected chi connectivity index (χ1v) is 6.36. The number of ketones is 1. The van der Waals surface area contributed by atoms with Gasteiger partial charge in [0.05, 0.1) is 5.56 Å². The zero-order valence-corrected chi connectivity index (χ0v) is 11.9. The van der Waals surface area contributed by atoms with Crippen LogP contribution in [-0.4, -0.2) is 32.2 Å². The lowest BCUT2D eigenvalue weighted by molar-refractivity contribution is 0.0692. The number of aromatic carboxylic acids is 1. The third-order valence-corrected chi connectivity index (χ3v) is 3.32. The van der Waals surface area contributed by atoms with Gasteiger partial charge in [0.15, 0.2) is 5.78 Å². The largest absolute Gasteiger partial charge is 0.508 e. The highest BCUT2D eigenvalue weighted by molar-refractivity contribution is 6.12. The number of carboxylic acid groups (broad SMARTS) is 1. The number of benzene rings is 2. The Hall–Kier alpha value is -3.02. The molecule has 2 rings (SSSR count). The van der Waals surface area contributed by atoms with Crippen LogP contribution in [0.5, 0.6) is 17.2 Å². The van der Waals surface area contributed by atoms with Gasteiger partial charge in [-0.1, -0.05) is 0 Å². The third-order valence-electron chi connectivity index (χ3n) is 3.32. The first-order valence-electron chi connectivity index (χ1n) is 6.36. The molecule has 0 aromatic heterocycles. The lowest BCUT2D eigenvalue weighted by Crippen LogP contribution is -2.07. The second-order valence-electron chi connectivity index (χ2n) is 4.98. The topological polar surface area (TPSA) is 115 Å². The third kappa shape index (κ3) is 2.58. The molecular weight excluding hydrogens is 288 g/mol. The van der Waals surface area contributed by atoms with E-state index in [1.54, 1.807) is 6.92 Å². The summed E-state index contributed by atoms with van der Waals surface area (Å²) >= 11 is 0. The summed E-state index contributed by atoms with van der Waals surface area (Å²) in [5.41, 5.74) is 0.348. The maximum absolute atomic E-state index is 12.5.